The van der Waals surface area contributed by atoms with Gasteiger partial charge in [-0.25, -0.2) is 0 Å². The van der Waals surface area contributed by atoms with Gasteiger partial charge in [0.2, 0.25) is 12.1 Å². The molecule has 20 heteroatoms. The van der Waals surface area contributed by atoms with Crippen molar-refractivity contribution in [2.45, 2.75) is 39.8 Å². The fraction of sp³-hybridized carbons (Fsp3) is 0.143. The first kappa shape index (κ1) is 47.3. The van der Waals surface area contributed by atoms with Crippen molar-refractivity contribution in [3.8, 4) is 0 Å². The van der Waals surface area contributed by atoms with Crippen LogP contribution in [-0.2, 0) is 19.2 Å². The summed E-state index contributed by atoms with van der Waals surface area (Å²) in [6, 6.07) is 17.6. The molecule has 14 nitrogen and oxygen atoms in total. The molecule has 2 unspecified atom stereocenters. The molecule has 318 valence electrons. The third kappa shape index (κ3) is 11.8. The second-order valence-corrected chi connectivity index (χ2v) is 15.8. The van der Waals surface area contributed by atoms with Gasteiger partial charge in [-0.1, -0.05) is 81.7 Å². The summed E-state index contributed by atoms with van der Waals surface area (Å²) >= 11 is 37.4. The lowest BCUT2D eigenvalue weighted by atomic mass is 10.1. The Bertz CT molecular complexity index is 2690. The highest BCUT2D eigenvalue weighted by Gasteiger charge is 2.27. The zero-order chi connectivity index (χ0) is 45.4. The molecule has 0 saturated heterocycles. The van der Waals surface area contributed by atoms with E-state index in [1.807, 2.05) is 0 Å². The molecule has 4 N–H and O–H groups in total. The predicted octanol–water partition coefficient (Wildman–Crippen LogP) is 12.1. The number of azo groups is 2. The summed E-state index contributed by atoms with van der Waals surface area (Å²) < 4.78 is 0. The summed E-state index contributed by atoms with van der Waals surface area (Å²) in [5, 5.41) is 27.5. The number of rotatable bonds is 14. The highest BCUT2D eigenvalue weighted by molar-refractivity contribution is 6.39. The summed E-state index contributed by atoms with van der Waals surface area (Å²) in [5.74, 6) is -4.19. The number of anilines is 4. The number of ketones is 2. The molecule has 0 aromatic heterocycles. The van der Waals surface area contributed by atoms with Crippen molar-refractivity contribution in [3.05, 3.63) is 137 Å². The van der Waals surface area contributed by atoms with Gasteiger partial charge in [0.05, 0.1) is 42.6 Å². The summed E-state index contributed by atoms with van der Waals surface area (Å²) in [5.41, 5.74) is 2.03. The van der Waals surface area contributed by atoms with Gasteiger partial charge in [0, 0.05) is 21.4 Å². The van der Waals surface area contributed by atoms with Gasteiger partial charge < -0.3 is 21.3 Å². The highest BCUT2D eigenvalue weighted by Crippen LogP contribution is 2.34. The van der Waals surface area contributed by atoms with Gasteiger partial charge in [0.25, 0.3) is 23.6 Å². The van der Waals surface area contributed by atoms with Crippen molar-refractivity contribution >= 4 is 139 Å². The molecule has 62 heavy (non-hydrogen) atoms. The lowest BCUT2D eigenvalue weighted by Gasteiger charge is -2.17. The van der Waals surface area contributed by atoms with Gasteiger partial charge in [0.1, 0.15) is 11.4 Å². The van der Waals surface area contributed by atoms with Gasteiger partial charge in [-0.3, -0.25) is 28.8 Å². The van der Waals surface area contributed by atoms with Crippen molar-refractivity contribution in [2.24, 2.45) is 20.5 Å². The molecule has 0 radical (unpaired) electrons. The molecule has 0 bridgehead atoms. The molecule has 5 rings (SSSR count). The number of carbonyl (C=O) groups excluding carboxylic acids is 6. The molecular weight excluding hydrogens is 925 g/mol. The molecule has 0 heterocycles. The quantitative estimate of drug-likeness (QED) is 0.0630. The minimum Gasteiger partial charge on any atom is -0.324 e. The van der Waals surface area contributed by atoms with Crippen molar-refractivity contribution in [2.75, 3.05) is 21.3 Å². The van der Waals surface area contributed by atoms with E-state index in [2.05, 4.69) is 41.7 Å². The Hall–Kier alpha value is -5.74. The van der Waals surface area contributed by atoms with Gasteiger partial charge in [-0.2, -0.15) is 20.5 Å². The van der Waals surface area contributed by atoms with Crippen LogP contribution in [0.25, 0.3) is 0 Å². The molecule has 0 fully saturated rings. The Morgan fingerprint density at radius 1 is 0.516 bits per heavy atom. The van der Waals surface area contributed by atoms with E-state index in [0.29, 0.717) is 26.9 Å². The number of carbonyl (C=O) groups is 6. The zero-order valence-electron chi connectivity index (χ0n) is 32.7. The number of Topliss-reactive ketones (excluding diaryl/α,β-unsaturated/α-hetero) is 2. The SMILES string of the molecule is CC(=O)C(N=Nc1cccc(C(=O)Nc2cc(Cl)ccc2Cl)c1Cl)C(=O)Nc1cc(C)c(NC(=O)C(N=Nc2cccc(C(=O)Nc3cc(Cl)ccc3Cl)c2Cl)C(C)=O)c(C)c1. The van der Waals surface area contributed by atoms with E-state index in [-0.39, 0.29) is 59.7 Å². The maximum atomic E-state index is 13.4. The minimum absolute atomic E-state index is 0.00504. The smallest absolute Gasteiger partial charge is 0.258 e. The molecular formula is C42H32Cl6N8O6. The fourth-order valence-corrected chi connectivity index (χ4v) is 6.80. The number of nitrogens with one attached hydrogen (secondary N) is 4. The second-order valence-electron chi connectivity index (χ2n) is 13.4. The standard InChI is InChI=1S/C42H32Cl6N8O6/c1-19-15-25(49-41(61)37(21(3)57)55-53-30-9-5-7-26(34(30)47)39(59)50-32-17-23(43)11-13-28(32)45)16-20(2)36(19)52-42(62)38(22(4)58)56-54-31-10-6-8-27(35(31)48)40(60)51-33-18-24(44)12-14-29(33)46/h5-18,37-38H,1-4H3,(H,49,61)(H,50,59)(H,51,60)(H,52,62). The van der Waals surface area contributed by atoms with Crippen LogP contribution in [0.5, 0.6) is 0 Å². The van der Waals surface area contributed by atoms with E-state index in [0.717, 1.165) is 13.8 Å². The summed E-state index contributed by atoms with van der Waals surface area (Å²) in [7, 11) is 0. The van der Waals surface area contributed by atoms with Crippen LogP contribution in [0.4, 0.5) is 34.1 Å². The van der Waals surface area contributed by atoms with E-state index >= 15 is 0 Å². The van der Waals surface area contributed by atoms with Crippen LogP contribution in [0.1, 0.15) is 45.7 Å². The molecule has 0 aliphatic rings. The van der Waals surface area contributed by atoms with Crippen molar-refractivity contribution in [3.63, 3.8) is 0 Å². The van der Waals surface area contributed by atoms with Crippen LogP contribution in [-0.4, -0.2) is 47.3 Å². The number of benzene rings is 5. The normalized spacial score (nSPS) is 12.2. The number of nitrogens with zero attached hydrogens (tertiary/aromatic N) is 4. The van der Waals surface area contributed by atoms with Gasteiger partial charge in [-0.15, -0.1) is 0 Å². The zero-order valence-corrected chi connectivity index (χ0v) is 37.3. The number of aryl methyl sites for hydroxylation is 2. The first-order valence-corrected chi connectivity index (χ1v) is 20.3. The van der Waals surface area contributed by atoms with Crippen molar-refractivity contribution in [1.82, 2.24) is 0 Å². The number of hydrogen-bond donors (Lipinski definition) is 4. The van der Waals surface area contributed by atoms with Crippen LogP contribution in [0.3, 0.4) is 0 Å². The van der Waals surface area contributed by atoms with Gasteiger partial charge >= 0.3 is 0 Å². The molecule has 0 saturated carbocycles. The molecule has 4 amide bonds. The van der Waals surface area contributed by atoms with E-state index in [9.17, 15) is 28.8 Å². The van der Waals surface area contributed by atoms with E-state index < -0.39 is 47.3 Å². The first-order valence-electron chi connectivity index (χ1n) is 18.0. The van der Waals surface area contributed by atoms with E-state index in [4.69, 9.17) is 69.6 Å². The highest BCUT2D eigenvalue weighted by atomic mass is 35.5. The molecule has 0 aliphatic heterocycles. The Morgan fingerprint density at radius 2 is 0.919 bits per heavy atom. The Balaban J connectivity index is 1.27. The Morgan fingerprint density at radius 3 is 1.32 bits per heavy atom. The fourth-order valence-electron chi connectivity index (χ4n) is 5.62. The number of amides is 4. The van der Waals surface area contributed by atoms with Crippen LogP contribution in [0.2, 0.25) is 30.1 Å². The Kier molecular flexibility index (Phi) is 15.9. The van der Waals surface area contributed by atoms with Crippen LogP contribution in [0, 0.1) is 13.8 Å². The number of hydrogen-bond acceptors (Lipinski definition) is 10. The molecule has 0 spiro atoms. The van der Waals surface area contributed by atoms with E-state index in [1.54, 1.807) is 26.0 Å². The van der Waals surface area contributed by atoms with Crippen LogP contribution in [0.15, 0.2) is 105 Å². The third-order valence-electron chi connectivity index (χ3n) is 8.68. The third-order valence-corrected chi connectivity index (χ3v) is 10.6. The van der Waals surface area contributed by atoms with Crippen LogP contribution >= 0.6 is 69.6 Å². The first-order chi connectivity index (χ1) is 29.3. The lowest BCUT2D eigenvalue weighted by molar-refractivity contribution is -0.127. The predicted molar refractivity (Wildman–Crippen MR) is 243 cm³/mol. The largest absolute Gasteiger partial charge is 0.324 e. The topological polar surface area (TPSA) is 200 Å². The Labute approximate surface area is 384 Å². The van der Waals surface area contributed by atoms with Crippen LogP contribution < -0.4 is 21.3 Å². The lowest BCUT2D eigenvalue weighted by Crippen LogP contribution is -2.33. The second kappa shape index (κ2) is 20.9. The van der Waals surface area contributed by atoms with Crippen molar-refractivity contribution in [1.29, 1.82) is 0 Å². The minimum atomic E-state index is -1.61. The average molecular weight is 957 g/mol. The molecule has 0 aliphatic carbocycles. The maximum absolute atomic E-state index is 13.4. The summed E-state index contributed by atoms with van der Waals surface area (Å²) in [6.07, 6.45) is 0. The van der Waals surface area contributed by atoms with Gasteiger partial charge in [0.15, 0.2) is 11.6 Å². The summed E-state index contributed by atoms with van der Waals surface area (Å²) in [6.45, 7) is 5.60. The number of halogens is 6. The molecule has 5 aromatic carbocycles. The van der Waals surface area contributed by atoms with E-state index in [1.165, 1.54) is 72.8 Å². The molecule has 2 atom stereocenters. The van der Waals surface area contributed by atoms with Gasteiger partial charge in [-0.05, 0) is 112 Å². The average Bonchev–Trinajstić information content (AvgIpc) is 3.20. The monoisotopic (exact) mass is 954 g/mol. The van der Waals surface area contributed by atoms with Crippen molar-refractivity contribution < 1.29 is 28.8 Å². The molecule has 5 aromatic rings. The summed E-state index contributed by atoms with van der Waals surface area (Å²) in [4.78, 5) is 78.1. The maximum Gasteiger partial charge on any atom is 0.258 e.